The fourth-order valence-electron chi connectivity index (χ4n) is 3.05. The topological polar surface area (TPSA) is 45.7 Å². The molecule has 5 heteroatoms. The molecule has 0 aromatic heterocycles. The fourth-order valence-corrected chi connectivity index (χ4v) is 3.05. The lowest BCUT2D eigenvalue weighted by Crippen LogP contribution is -2.47. The number of hydrogen-bond acceptors (Lipinski definition) is 2. The third-order valence-corrected chi connectivity index (χ3v) is 4.43. The van der Waals surface area contributed by atoms with Crippen molar-refractivity contribution in [1.29, 1.82) is 0 Å². The third kappa shape index (κ3) is 4.76. The van der Waals surface area contributed by atoms with Gasteiger partial charge in [-0.3, -0.25) is 4.99 Å². The molecule has 2 aliphatic rings. The van der Waals surface area contributed by atoms with Gasteiger partial charge in [-0.15, -0.1) is 24.0 Å². The van der Waals surface area contributed by atoms with Gasteiger partial charge in [0.2, 0.25) is 0 Å². The summed E-state index contributed by atoms with van der Waals surface area (Å²) in [6.45, 7) is 8.44. The van der Waals surface area contributed by atoms with Crippen LogP contribution in [0.4, 0.5) is 0 Å². The standard InChI is InChI=1S/C15H29N3O.HI/c1-4-11(5-2)10-17-15(16-6-3)18-13-9-12-7-8-14(13)19-12;/h11-14H,4-10H2,1-3H3,(H2,16,17,18);1H. The predicted octanol–water partition coefficient (Wildman–Crippen LogP) is 2.92. The second-order valence-corrected chi connectivity index (χ2v) is 5.76. The summed E-state index contributed by atoms with van der Waals surface area (Å²) in [4.78, 5) is 4.74. The molecule has 4 nitrogen and oxygen atoms in total. The SMILES string of the molecule is CCNC(=NCC(CC)CC)NC1CC2CCC1O2.I. The molecule has 0 saturated carbocycles. The highest BCUT2D eigenvalue weighted by atomic mass is 127. The van der Waals surface area contributed by atoms with Gasteiger partial charge >= 0.3 is 0 Å². The van der Waals surface area contributed by atoms with E-state index in [2.05, 4.69) is 31.4 Å². The molecule has 2 bridgehead atoms. The van der Waals surface area contributed by atoms with Gasteiger partial charge in [0.15, 0.2) is 5.96 Å². The Hall–Kier alpha value is -0.0400. The zero-order valence-electron chi connectivity index (χ0n) is 13.0. The van der Waals surface area contributed by atoms with Gasteiger partial charge in [0.05, 0.1) is 18.2 Å². The molecular weight excluding hydrogens is 365 g/mol. The number of ether oxygens (including phenoxy) is 1. The van der Waals surface area contributed by atoms with Crippen molar-refractivity contribution in [2.45, 2.75) is 71.1 Å². The first-order valence-electron chi connectivity index (χ1n) is 7.97. The lowest BCUT2D eigenvalue weighted by Gasteiger charge is -2.23. The van der Waals surface area contributed by atoms with E-state index in [4.69, 9.17) is 9.73 Å². The van der Waals surface area contributed by atoms with E-state index in [1.54, 1.807) is 0 Å². The number of nitrogens with one attached hydrogen (secondary N) is 2. The van der Waals surface area contributed by atoms with Gasteiger partial charge < -0.3 is 15.4 Å². The Morgan fingerprint density at radius 3 is 2.50 bits per heavy atom. The van der Waals surface area contributed by atoms with Crippen LogP contribution in [0, 0.1) is 5.92 Å². The number of halogens is 1. The summed E-state index contributed by atoms with van der Waals surface area (Å²) in [6.07, 6.45) is 6.89. The molecule has 0 spiro atoms. The van der Waals surface area contributed by atoms with Crippen LogP contribution in [0.2, 0.25) is 0 Å². The van der Waals surface area contributed by atoms with Crippen LogP contribution in [-0.2, 0) is 4.74 Å². The van der Waals surface area contributed by atoms with Crippen LogP contribution in [-0.4, -0.2) is 37.3 Å². The largest absolute Gasteiger partial charge is 0.373 e. The van der Waals surface area contributed by atoms with Crippen molar-refractivity contribution >= 4 is 29.9 Å². The number of aliphatic imine (C=N–C) groups is 1. The molecule has 20 heavy (non-hydrogen) atoms. The smallest absolute Gasteiger partial charge is 0.191 e. The maximum Gasteiger partial charge on any atom is 0.191 e. The molecule has 2 rings (SSSR count). The molecule has 0 amide bonds. The number of fused-ring (bicyclic) bond motifs is 2. The van der Waals surface area contributed by atoms with Crippen molar-refractivity contribution in [2.75, 3.05) is 13.1 Å². The van der Waals surface area contributed by atoms with Crippen molar-refractivity contribution in [3.8, 4) is 0 Å². The van der Waals surface area contributed by atoms with Gasteiger partial charge in [-0.1, -0.05) is 26.7 Å². The number of nitrogens with zero attached hydrogens (tertiary/aromatic N) is 1. The van der Waals surface area contributed by atoms with Crippen LogP contribution < -0.4 is 10.6 Å². The summed E-state index contributed by atoms with van der Waals surface area (Å²) in [7, 11) is 0. The number of hydrogen-bond donors (Lipinski definition) is 2. The molecule has 2 N–H and O–H groups in total. The van der Waals surface area contributed by atoms with Crippen LogP contribution in [0.5, 0.6) is 0 Å². The van der Waals surface area contributed by atoms with E-state index in [1.807, 2.05) is 0 Å². The predicted molar refractivity (Wildman–Crippen MR) is 94.9 cm³/mol. The molecule has 0 aromatic rings. The van der Waals surface area contributed by atoms with Gasteiger partial charge in [0.25, 0.3) is 0 Å². The first-order chi connectivity index (χ1) is 9.26. The minimum absolute atomic E-state index is 0. The Balaban J connectivity index is 0.00000200. The van der Waals surface area contributed by atoms with E-state index in [0.717, 1.165) is 25.5 Å². The van der Waals surface area contributed by atoms with Gasteiger partial charge in [-0.05, 0) is 32.1 Å². The van der Waals surface area contributed by atoms with Gasteiger partial charge in [0, 0.05) is 13.1 Å². The fraction of sp³-hybridized carbons (Fsp3) is 0.933. The van der Waals surface area contributed by atoms with Crippen LogP contribution >= 0.6 is 24.0 Å². The van der Waals surface area contributed by atoms with Crippen LogP contribution in [0.3, 0.4) is 0 Å². The summed E-state index contributed by atoms with van der Waals surface area (Å²) in [6, 6.07) is 0.457. The van der Waals surface area contributed by atoms with Crippen molar-refractivity contribution in [2.24, 2.45) is 10.9 Å². The Labute approximate surface area is 140 Å². The maximum atomic E-state index is 5.89. The maximum absolute atomic E-state index is 5.89. The lowest BCUT2D eigenvalue weighted by molar-refractivity contribution is 0.0992. The average Bonchev–Trinajstić information content (AvgIpc) is 3.02. The summed E-state index contributed by atoms with van der Waals surface area (Å²) in [5.41, 5.74) is 0. The molecule has 2 aliphatic heterocycles. The van der Waals surface area contributed by atoms with E-state index in [0.29, 0.717) is 24.2 Å². The van der Waals surface area contributed by atoms with Gasteiger partial charge in [0.1, 0.15) is 0 Å². The normalized spacial score (nSPS) is 28.6. The van der Waals surface area contributed by atoms with Crippen LogP contribution in [0.1, 0.15) is 52.9 Å². The molecule has 2 fully saturated rings. The molecule has 118 valence electrons. The average molecular weight is 395 g/mol. The summed E-state index contributed by atoms with van der Waals surface area (Å²) < 4.78 is 5.89. The van der Waals surface area contributed by atoms with E-state index < -0.39 is 0 Å². The highest BCUT2D eigenvalue weighted by Gasteiger charge is 2.41. The summed E-state index contributed by atoms with van der Waals surface area (Å²) in [5.74, 6) is 1.67. The van der Waals surface area contributed by atoms with E-state index in [9.17, 15) is 0 Å². The number of guanidine groups is 1. The summed E-state index contributed by atoms with van der Waals surface area (Å²) in [5, 5.41) is 6.92. The Bertz CT molecular complexity index is 307. The van der Waals surface area contributed by atoms with E-state index >= 15 is 0 Å². The van der Waals surface area contributed by atoms with Gasteiger partial charge in [-0.25, -0.2) is 0 Å². The number of rotatable bonds is 6. The second kappa shape index (κ2) is 9.07. The minimum Gasteiger partial charge on any atom is -0.373 e. The first-order valence-corrected chi connectivity index (χ1v) is 7.97. The molecule has 2 heterocycles. The molecule has 0 radical (unpaired) electrons. The molecular formula is C15H30IN3O. The molecule has 3 unspecified atom stereocenters. The van der Waals surface area contributed by atoms with Crippen molar-refractivity contribution in [3.05, 3.63) is 0 Å². The molecule has 2 saturated heterocycles. The van der Waals surface area contributed by atoms with Crippen molar-refractivity contribution in [1.82, 2.24) is 10.6 Å². The van der Waals surface area contributed by atoms with Crippen LogP contribution in [0.15, 0.2) is 4.99 Å². The molecule has 3 atom stereocenters. The third-order valence-electron chi connectivity index (χ3n) is 4.43. The summed E-state index contributed by atoms with van der Waals surface area (Å²) >= 11 is 0. The Morgan fingerprint density at radius 2 is 2.00 bits per heavy atom. The monoisotopic (exact) mass is 395 g/mol. The van der Waals surface area contributed by atoms with E-state index in [1.165, 1.54) is 25.7 Å². The zero-order chi connectivity index (χ0) is 13.7. The molecule has 0 aliphatic carbocycles. The highest BCUT2D eigenvalue weighted by Crippen LogP contribution is 2.34. The zero-order valence-corrected chi connectivity index (χ0v) is 15.4. The first kappa shape index (κ1) is 18.0. The van der Waals surface area contributed by atoms with Crippen LogP contribution in [0.25, 0.3) is 0 Å². The molecule has 0 aromatic carbocycles. The van der Waals surface area contributed by atoms with Crippen molar-refractivity contribution < 1.29 is 4.74 Å². The quantitative estimate of drug-likeness (QED) is 0.413. The second-order valence-electron chi connectivity index (χ2n) is 5.76. The highest BCUT2D eigenvalue weighted by molar-refractivity contribution is 14.0. The van der Waals surface area contributed by atoms with Gasteiger partial charge in [-0.2, -0.15) is 0 Å². The Morgan fingerprint density at radius 1 is 1.25 bits per heavy atom. The Kier molecular flexibility index (Phi) is 8.17. The lowest BCUT2D eigenvalue weighted by atomic mass is 9.96. The minimum atomic E-state index is 0. The van der Waals surface area contributed by atoms with Crippen molar-refractivity contribution in [3.63, 3.8) is 0 Å². The van der Waals surface area contributed by atoms with E-state index in [-0.39, 0.29) is 24.0 Å².